The van der Waals surface area contributed by atoms with Crippen molar-refractivity contribution < 1.29 is 0 Å². The Kier molecular flexibility index (Phi) is 9.75. The van der Waals surface area contributed by atoms with Gasteiger partial charge in [0.25, 0.3) is 0 Å². The normalized spacial score (nSPS) is 10.9. The maximum Gasteiger partial charge on any atom is 0.0283 e. The largest absolute Gasteiger partial charge is 0.0876 e. The van der Waals surface area contributed by atoms with E-state index in [1.807, 2.05) is 0 Å². The van der Waals surface area contributed by atoms with Gasteiger partial charge in [-0.1, -0.05) is 106 Å². The van der Waals surface area contributed by atoms with Gasteiger partial charge in [0.05, 0.1) is 0 Å². The van der Waals surface area contributed by atoms with Gasteiger partial charge in [0.2, 0.25) is 0 Å². The van der Waals surface area contributed by atoms with Gasteiger partial charge in [0.15, 0.2) is 0 Å². The van der Waals surface area contributed by atoms with Crippen LogP contribution in [0.15, 0.2) is 48.5 Å². The van der Waals surface area contributed by atoms with Crippen LogP contribution in [0.4, 0.5) is 0 Å². The second-order valence-electron chi connectivity index (χ2n) is 6.52. The highest BCUT2D eigenvalue weighted by Gasteiger charge is 1.97. The average Bonchev–Trinajstić information content (AvgIpc) is 2.65. The lowest BCUT2D eigenvalue weighted by Crippen LogP contribution is -1.89. The molecule has 130 valence electrons. The van der Waals surface area contributed by atoms with E-state index in [4.69, 9.17) is 0 Å². The molecule has 0 fully saturated rings. The van der Waals surface area contributed by atoms with Gasteiger partial charge in [-0.25, -0.2) is 0 Å². The van der Waals surface area contributed by atoms with Gasteiger partial charge >= 0.3 is 0 Å². The molecule has 0 nitrogen and oxygen atoms in total. The van der Waals surface area contributed by atoms with Crippen molar-refractivity contribution in [2.45, 2.75) is 62.0 Å². The first-order valence-corrected chi connectivity index (χ1v) is 11.3. The first-order valence-electron chi connectivity index (χ1n) is 9.09. The molecule has 0 heterocycles. The highest BCUT2D eigenvalue weighted by Crippen LogP contribution is 2.14. The topological polar surface area (TPSA) is 0 Å². The third-order valence-corrected chi connectivity index (χ3v) is 5.83. The van der Waals surface area contributed by atoms with Crippen molar-refractivity contribution in [3.63, 3.8) is 0 Å². The first-order chi connectivity index (χ1) is 11.8. The van der Waals surface area contributed by atoms with Crippen LogP contribution >= 0.6 is 31.9 Å². The van der Waals surface area contributed by atoms with Gasteiger partial charge in [-0.3, -0.25) is 0 Å². The molecular formula is C22H28Br2. The van der Waals surface area contributed by atoms with Crippen molar-refractivity contribution in [2.75, 3.05) is 0 Å². The molecule has 0 spiro atoms. The highest BCUT2D eigenvalue weighted by atomic mass is 79.9. The average molecular weight is 452 g/mol. The van der Waals surface area contributed by atoms with Crippen LogP contribution in [0.1, 0.15) is 60.8 Å². The molecule has 0 aliphatic carbocycles. The van der Waals surface area contributed by atoms with Crippen molar-refractivity contribution in [2.24, 2.45) is 0 Å². The fourth-order valence-electron chi connectivity index (χ4n) is 2.96. The summed E-state index contributed by atoms with van der Waals surface area (Å²) in [7, 11) is 0. The van der Waals surface area contributed by atoms with Gasteiger partial charge < -0.3 is 0 Å². The van der Waals surface area contributed by atoms with Crippen molar-refractivity contribution in [3.8, 4) is 0 Å². The summed E-state index contributed by atoms with van der Waals surface area (Å²) in [6, 6.07) is 18.0. The van der Waals surface area contributed by atoms with Crippen LogP contribution in [0.3, 0.4) is 0 Å². The van der Waals surface area contributed by atoms with Crippen LogP contribution < -0.4 is 0 Å². The van der Waals surface area contributed by atoms with E-state index < -0.39 is 0 Å². The van der Waals surface area contributed by atoms with Crippen molar-refractivity contribution in [1.29, 1.82) is 0 Å². The van der Waals surface area contributed by atoms with E-state index in [1.165, 1.54) is 73.6 Å². The molecule has 0 unspecified atom stereocenters. The molecule has 24 heavy (non-hydrogen) atoms. The smallest absolute Gasteiger partial charge is 0.0283 e. The second kappa shape index (κ2) is 11.9. The molecule has 0 saturated heterocycles. The number of alkyl halides is 2. The monoisotopic (exact) mass is 450 g/mol. The van der Waals surface area contributed by atoms with Gasteiger partial charge in [0.1, 0.15) is 0 Å². The van der Waals surface area contributed by atoms with E-state index in [9.17, 15) is 0 Å². The number of aryl methyl sites for hydroxylation is 2. The lowest BCUT2D eigenvalue weighted by molar-refractivity contribution is 0.594. The molecule has 0 aliphatic rings. The SMILES string of the molecule is BrCc1ccc(CCCCCCCCc2ccc(CBr)cc2)cc1. The Bertz CT molecular complexity index is 504. The van der Waals surface area contributed by atoms with Crippen molar-refractivity contribution >= 4 is 31.9 Å². The number of unbranched alkanes of at least 4 members (excludes halogenated alkanes) is 5. The minimum Gasteiger partial charge on any atom is -0.0876 e. The van der Waals surface area contributed by atoms with Gasteiger partial charge in [-0.05, 0) is 47.9 Å². The third-order valence-electron chi connectivity index (χ3n) is 4.54. The summed E-state index contributed by atoms with van der Waals surface area (Å²) < 4.78 is 0. The minimum atomic E-state index is 0.952. The molecule has 0 amide bonds. The summed E-state index contributed by atoms with van der Waals surface area (Å²) in [5, 5.41) is 1.90. The molecule has 0 aliphatic heterocycles. The zero-order valence-corrected chi connectivity index (χ0v) is 17.6. The van der Waals surface area contributed by atoms with Crippen LogP contribution in [-0.4, -0.2) is 0 Å². The third kappa shape index (κ3) is 7.53. The summed E-state index contributed by atoms with van der Waals surface area (Å²) in [4.78, 5) is 0. The number of hydrogen-bond donors (Lipinski definition) is 0. The van der Waals surface area contributed by atoms with E-state index in [0.717, 1.165) is 10.7 Å². The number of benzene rings is 2. The van der Waals surface area contributed by atoms with E-state index >= 15 is 0 Å². The lowest BCUT2D eigenvalue weighted by Gasteiger charge is -2.05. The van der Waals surface area contributed by atoms with Crippen LogP contribution in [0, 0.1) is 0 Å². The zero-order chi connectivity index (χ0) is 17.0. The van der Waals surface area contributed by atoms with Crippen molar-refractivity contribution in [3.05, 3.63) is 70.8 Å². The number of halogens is 2. The summed E-state index contributed by atoms with van der Waals surface area (Å²) >= 11 is 6.99. The summed E-state index contributed by atoms with van der Waals surface area (Å²) in [6.07, 6.45) is 10.6. The van der Waals surface area contributed by atoms with Gasteiger partial charge in [0, 0.05) is 10.7 Å². The molecule has 2 aromatic rings. The van der Waals surface area contributed by atoms with Crippen LogP contribution in [0.5, 0.6) is 0 Å². The molecule has 0 bridgehead atoms. The molecule has 2 rings (SSSR count). The Morgan fingerprint density at radius 3 is 1.04 bits per heavy atom. The van der Waals surface area contributed by atoms with E-state index in [1.54, 1.807) is 0 Å². The number of rotatable bonds is 11. The predicted octanol–water partition coefficient (Wildman–Crippen LogP) is 7.60. The number of hydrogen-bond acceptors (Lipinski definition) is 0. The second-order valence-corrected chi connectivity index (χ2v) is 7.64. The molecule has 0 saturated carbocycles. The van der Waals surface area contributed by atoms with E-state index in [2.05, 4.69) is 80.4 Å². The Morgan fingerprint density at radius 1 is 0.417 bits per heavy atom. The van der Waals surface area contributed by atoms with E-state index in [0.29, 0.717) is 0 Å². The molecule has 0 aromatic heterocycles. The maximum absolute atomic E-state index is 3.50. The van der Waals surface area contributed by atoms with Gasteiger partial charge in [-0.2, -0.15) is 0 Å². The van der Waals surface area contributed by atoms with Crippen LogP contribution in [0.2, 0.25) is 0 Å². The Hall–Kier alpha value is -0.600. The molecule has 0 atom stereocenters. The quantitative estimate of drug-likeness (QED) is 0.243. The minimum absolute atomic E-state index is 0.952. The van der Waals surface area contributed by atoms with Gasteiger partial charge in [-0.15, -0.1) is 0 Å². The highest BCUT2D eigenvalue weighted by molar-refractivity contribution is 9.08. The lowest BCUT2D eigenvalue weighted by atomic mass is 10.0. The van der Waals surface area contributed by atoms with Crippen molar-refractivity contribution in [1.82, 2.24) is 0 Å². The Morgan fingerprint density at radius 2 is 0.708 bits per heavy atom. The molecular weight excluding hydrogens is 424 g/mol. The molecule has 0 N–H and O–H groups in total. The predicted molar refractivity (Wildman–Crippen MR) is 113 cm³/mol. The first kappa shape index (κ1) is 19.7. The summed E-state index contributed by atoms with van der Waals surface area (Å²) in [6.45, 7) is 0. The molecule has 2 heteroatoms. The maximum atomic E-state index is 3.50. The Labute approximate surface area is 164 Å². The van der Waals surface area contributed by atoms with E-state index in [-0.39, 0.29) is 0 Å². The van der Waals surface area contributed by atoms with Crippen LogP contribution in [0.25, 0.3) is 0 Å². The standard InChI is InChI=1S/C22H28Br2/c23-17-21-13-9-19(10-14-21)7-5-3-1-2-4-6-8-20-11-15-22(18-24)16-12-20/h9-16H,1-8,17-18H2. The molecule has 0 radical (unpaired) electrons. The summed E-state index contributed by atoms with van der Waals surface area (Å²) in [5.74, 6) is 0. The summed E-state index contributed by atoms with van der Waals surface area (Å²) in [5.41, 5.74) is 5.68. The zero-order valence-electron chi connectivity index (χ0n) is 14.4. The Balaban J connectivity index is 1.48. The fraction of sp³-hybridized carbons (Fsp3) is 0.455. The fourth-order valence-corrected chi connectivity index (χ4v) is 3.70. The van der Waals surface area contributed by atoms with Crippen LogP contribution in [-0.2, 0) is 23.5 Å². The molecule has 2 aromatic carbocycles.